The maximum atomic E-state index is 11.8. The van der Waals surface area contributed by atoms with Crippen LogP contribution < -0.4 is 16.2 Å². The number of carbonyl (C=O) groups excluding carboxylic acids is 5. The molecule has 0 spiro atoms. The van der Waals surface area contributed by atoms with Crippen LogP contribution in [0.2, 0.25) is 0 Å². The number of thiophene rings is 2. The Morgan fingerprint density at radius 2 is 1.52 bits per heavy atom. The van der Waals surface area contributed by atoms with Gasteiger partial charge in [0.05, 0.1) is 16.2 Å². The topological polar surface area (TPSA) is 131 Å². The number of Topliss-reactive ketones (excluding diaryl/α,β-unsaturated/α-hetero) is 1. The number of rotatable bonds is 10. The largest absolute Gasteiger partial charge is 0.455 e. The summed E-state index contributed by atoms with van der Waals surface area (Å²) in [7, 11) is 0. The van der Waals surface area contributed by atoms with Gasteiger partial charge in [-0.2, -0.15) is 0 Å². The number of ketones is 1. The second-order valence-electron chi connectivity index (χ2n) is 5.64. The summed E-state index contributed by atoms with van der Waals surface area (Å²) in [5.41, 5.74) is 4.33. The summed E-state index contributed by atoms with van der Waals surface area (Å²) in [5.74, 6) is -2.30. The lowest BCUT2D eigenvalue weighted by atomic mass is 10.2. The minimum Gasteiger partial charge on any atom is -0.455 e. The fraction of sp³-hybridized carbons (Fsp3) is 0.278. The summed E-state index contributed by atoms with van der Waals surface area (Å²) < 4.78 is 4.75. The fourth-order valence-electron chi connectivity index (χ4n) is 2.03. The third-order valence-electron chi connectivity index (χ3n) is 3.45. The Bertz CT molecular complexity index is 849. The first kappa shape index (κ1) is 22.2. The average molecular weight is 437 g/mol. The molecule has 0 saturated heterocycles. The average Bonchev–Trinajstić information content (AvgIpc) is 3.42. The van der Waals surface area contributed by atoms with Crippen molar-refractivity contribution in [2.75, 3.05) is 13.2 Å². The zero-order valence-corrected chi connectivity index (χ0v) is 16.9. The molecular weight excluding hydrogens is 418 g/mol. The van der Waals surface area contributed by atoms with Gasteiger partial charge in [-0.15, -0.1) is 22.7 Å². The number of hydrogen-bond acceptors (Lipinski definition) is 8. The van der Waals surface area contributed by atoms with Gasteiger partial charge in [-0.25, -0.2) is 0 Å². The molecule has 0 atom stereocenters. The van der Waals surface area contributed by atoms with E-state index in [0.29, 0.717) is 9.75 Å². The summed E-state index contributed by atoms with van der Waals surface area (Å²) >= 11 is 2.53. The fourth-order valence-corrected chi connectivity index (χ4v) is 3.34. The van der Waals surface area contributed by atoms with Crippen LogP contribution in [0.4, 0.5) is 0 Å². The van der Waals surface area contributed by atoms with Crippen LogP contribution >= 0.6 is 22.7 Å². The lowest BCUT2D eigenvalue weighted by molar-refractivity contribution is -0.148. The molecule has 2 aromatic heterocycles. The molecule has 0 fully saturated rings. The van der Waals surface area contributed by atoms with Crippen molar-refractivity contribution in [3.8, 4) is 0 Å². The second kappa shape index (κ2) is 11.7. The predicted molar refractivity (Wildman–Crippen MR) is 106 cm³/mol. The van der Waals surface area contributed by atoms with Gasteiger partial charge in [0.2, 0.25) is 5.91 Å². The Morgan fingerprint density at radius 1 is 0.828 bits per heavy atom. The summed E-state index contributed by atoms with van der Waals surface area (Å²) in [6, 6.07) is 6.76. The molecule has 3 amide bonds. The molecule has 29 heavy (non-hydrogen) atoms. The van der Waals surface area contributed by atoms with E-state index in [4.69, 9.17) is 4.74 Å². The molecule has 0 bridgehead atoms. The standard InChI is InChI=1S/C18H19N3O6S2/c22-12(13-3-1-9-28-13)5-6-15(23)19-8-7-17(25)27-11-16(24)20-21-18(26)14-4-2-10-29-14/h1-4,9-10H,5-8,11H2,(H,19,23)(H,20,24)(H,21,26). The lowest BCUT2D eigenvalue weighted by Crippen LogP contribution is -2.43. The van der Waals surface area contributed by atoms with Crippen molar-refractivity contribution in [3.63, 3.8) is 0 Å². The van der Waals surface area contributed by atoms with E-state index in [1.807, 2.05) is 0 Å². The first-order valence-electron chi connectivity index (χ1n) is 8.57. The highest BCUT2D eigenvalue weighted by atomic mass is 32.1. The van der Waals surface area contributed by atoms with Gasteiger partial charge in [-0.05, 0) is 22.9 Å². The van der Waals surface area contributed by atoms with Crippen LogP contribution in [0.3, 0.4) is 0 Å². The number of hydrazine groups is 1. The van der Waals surface area contributed by atoms with Crippen LogP contribution in [0.1, 0.15) is 38.6 Å². The summed E-state index contributed by atoms with van der Waals surface area (Å²) in [6.07, 6.45) is -0.00821. The number of carbonyl (C=O) groups is 5. The maximum absolute atomic E-state index is 11.8. The highest BCUT2D eigenvalue weighted by Crippen LogP contribution is 2.12. The van der Waals surface area contributed by atoms with Crippen molar-refractivity contribution >= 4 is 52.1 Å². The SMILES string of the molecule is O=C(CCC(=O)c1cccs1)NCCC(=O)OCC(=O)NNC(=O)c1cccs1. The number of hydrogen-bond donors (Lipinski definition) is 3. The highest BCUT2D eigenvalue weighted by Gasteiger charge is 2.12. The molecule has 0 aliphatic carbocycles. The predicted octanol–water partition coefficient (Wildman–Crippen LogP) is 1.28. The van der Waals surface area contributed by atoms with E-state index in [1.54, 1.807) is 35.0 Å². The number of nitrogens with one attached hydrogen (secondary N) is 3. The Balaban J connectivity index is 1.52. The van der Waals surface area contributed by atoms with Gasteiger partial charge in [0.15, 0.2) is 12.4 Å². The van der Waals surface area contributed by atoms with Crippen LogP contribution in [0.25, 0.3) is 0 Å². The van der Waals surface area contributed by atoms with Crippen molar-refractivity contribution in [1.82, 2.24) is 16.2 Å². The molecule has 154 valence electrons. The molecule has 9 nitrogen and oxygen atoms in total. The van der Waals surface area contributed by atoms with Gasteiger partial charge in [-0.3, -0.25) is 34.8 Å². The van der Waals surface area contributed by atoms with Gasteiger partial charge >= 0.3 is 5.97 Å². The van der Waals surface area contributed by atoms with Crippen LogP contribution in [-0.2, 0) is 19.1 Å². The summed E-state index contributed by atoms with van der Waals surface area (Å²) in [4.78, 5) is 59.3. The molecule has 0 aliphatic rings. The van der Waals surface area contributed by atoms with Crippen LogP contribution in [0.15, 0.2) is 35.0 Å². The van der Waals surface area contributed by atoms with E-state index in [1.165, 1.54) is 22.7 Å². The highest BCUT2D eigenvalue weighted by molar-refractivity contribution is 7.12. The molecule has 11 heteroatoms. The van der Waals surface area contributed by atoms with Gasteiger partial charge in [0, 0.05) is 19.4 Å². The minimum atomic E-state index is -0.695. The summed E-state index contributed by atoms with van der Waals surface area (Å²) in [5, 5.41) is 6.02. The zero-order valence-electron chi connectivity index (χ0n) is 15.3. The van der Waals surface area contributed by atoms with Gasteiger partial charge in [0.25, 0.3) is 11.8 Å². The third-order valence-corrected chi connectivity index (χ3v) is 5.23. The van der Waals surface area contributed by atoms with Crippen molar-refractivity contribution in [1.29, 1.82) is 0 Å². The van der Waals surface area contributed by atoms with Crippen molar-refractivity contribution in [3.05, 3.63) is 44.8 Å². The van der Waals surface area contributed by atoms with Crippen LogP contribution in [0, 0.1) is 0 Å². The van der Waals surface area contributed by atoms with Crippen molar-refractivity contribution in [2.45, 2.75) is 19.3 Å². The van der Waals surface area contributed by atoms with Crippen LogP contribution in [-0.4, -0.2) is 42.6 Å². The van der Waals surface area contributed by atoms with E-state index < -0.39 is 24.4 Å². The Morgan fingerprint density at radius 3 is 2.17 bits per heavy atom. The molecule has 0 unspecified atom stereocenters. The van der Waals surface area contributed by atoms with Gasteiger partial charge in [-0.1, -0.05) is 12.1 Å². The molecule has 2 heterocycles. The molecule has 3 N–H and O–H groups in total. The monoisotopic (exact) mass is 437 g/mol. The van der Waals surface area contributed by atoms with E-state index in [9.17, 15) is 24.0 Å². The molecular formula is C18H19N3O6S2. The van der Waals surface area contributed by atoms with E-state index >= 15 is 0 Å². The molecule has 0 aliphatic heterocycles. The second-order valence-corrected chi connectivity index (χ2v) is 7.54. The smallest absolute Gasteiger partial charge is 0.308 e. The first-order chi connectivity index (χ1) is 14.0. The van der Waals surface area contributed by atoms with E-state index in [-0.39, 0.29) is 37.5 Å². The van der Waals surface area contributed by atoms with E-state index in [2.05, 4.69) is 16.2 Å². The minimum absolute atomic E-state index is 0.0259. The van der Waals surface area contributed by atoms with Crippen molar-refractivity contribution < 1.29 is 28.7 Å². The zero-order chi connectivity index (χ0) is 21.1. The maximum Gasteiger partial charge on any atom is 0.308 e. The number of ether oxygens (including phenoxy) is 1. The Labute approximate surface area is 174 Å². The normalized spacial score (nSPS) is 10.1. The number of esters is 1. The molecule has 2 rings (SSSR count). The first-order valence-corrected chi connectivity index (χ1v) is 10.3. The third kappa shape index (κ3) is 8.23. The summed E-state index contributed by atoms with van der Waals surface area (Å²) in [6.45, 7) is -0.533. The molecule has 2 aromatic rings. The molecule has 0 radical (unpaired) electrons. The molecule has 0 saturated carbocycles. The van der Waals surface area contributed by atoms with Crippen molar-refractivity contribution in [2.24, 2.45) is 0 Å². The van der Waals surface area contributed by atoms with E-state index in [0.717, 1.165) is 0 Å². The van der Waals surface area contributed by atoms with Gasteiger partial charge in [0.1, 0.15) is 0 Å². The number of amides is 3. The Kier molecular flexibility index (Phi) is 8.99. The van der Waals surface area contributed by atoms with Crippen LogP contribution in [0.5, 0.6) is 0 Å². The molecule has 0 aromatic carbocycles. The Hall–Kier alpha value is -3.05. The van der Waals surface area contributed by atoms with Gasteiger partial charge < -0.3 is 10.1 Å². The quantitative estimate of drug-likeness (QED) is 0.292. The lowest BCUT2D eigenvalue weighted by Gasteiger charge is -2.08.